The molecule has 1 aliphatic rings. The van der Waals surface area contributed by atoms with Gasteiger partial charge in [-0.15, -0.1) is 0 Å². The lowest BCUT2D eigenvalue weighted by molar-refractivity contribution is -0.385. The van der Waals surface area contributed by atoms with Crippen LogP contribution < -0.4 is 19.1 Å². The van der Waals surface area contributed by atoms with Crippen molar-refractivity contribution in [3.05, 3.63) is 81.9 Å². The molecule has 35 heavy (non-hydrogen) atoms. The summed E-state index contributed by atoms with van der Waals surface area (Å²) in [5.41, 5.74) is 1.04. The van der Waals surface area contributed by atoms with Gasteiger partial charge in [0, 0.05) is 18.3 Å². The van der Waals surface area contributed by atoms with Crippen LogP contribution in [0, 0.1) is 10.1 Å². The fourth-order valence-corrected chi connectivity index (χ4v) is 5.57. The molecule has 1 heterocycles. The van der Waals surface area contributed by atoms with E-state index in [1.807, 2.05) is 0 Å². The lowest BCUT2D eigenvalue weighted by atomic mass is 10.0. The highest BCUT2D eigenvalue weighted by atomic mass is 32.2. The molecule has 3 aromatic rings. The van der Waals surface area contributed by atoms with Crippen molar-refractivity contribution in [3.8, 4) is 11.5 Å². The van der Waals surface area contributed by atoms with Crippen molar-refractivity contribution in [1.29, 1.82) is 0 Å². The topological polar surface area (TPSA) is 128 Å². The molecule has 0 unspecified atom stereocenters. The molecule has 4 rings (SSSR count). The van der Waals surface area contributed by atoms with E-state index in [0.29, 0.717) is 30.8 Å². The number of nitrogens with zero attached hydrogens (tertiary/aromatic N) is 2. The number of hydrogen-bond donors (Lipinski definition) is 1. The van der Waals surface area contributed by atoms with Crippen LogP contribution in [0.1, 0.15) is 22.3 Å². The Labute approximate surface area is 202 Å². The number of nitro benzene ring substituents is 1. The van der Waals surface area contributed by atoms with Crippen LogP contribution in [0.25, 0.3) is 0 Å². The monoisotopic (exact) mass is 497 g/mol. The minimum Gasteiger partial charge on any atom is -0.493 e. The number of carbonyl (C=O) groups is 1. The number of sulfonamides is 1. The molecular formula is C24H23N3O7S. The predicted octanol–water partition coefficient (Wildman–Crippen LogP) is 4.01. The maximum atomic E-state index is 13.2. The van der Waals surface area contributed by atoms with Gasteiger partial charge in [0.25, 0.3) is 21.6 Å². The number of amides is 1. The Kier molecular flexibility index (Phi) is 6.61. The molecule has 0 fully saturated rings. The van der Waals surface area contributed by atoms with Crippen LogP contribution in [0.5, 0.6) is 11.5 Å². The van der Waals surface area contributed by atoms with Gasteiger partial charge in [-0.2, -0.15) is 0 Å². The fourth-order valence-electron chi connectivity index (χ4n) is 4.01. The van der Waals surface area contributed by atoms with E-state index in [1.165, 1.54) is 24.6 Å². The number of methoxy groups -OCH3 is 2. The molecule has 1 N–H and O–H groups in total. The first kappa shape index (κ1) is 24.0. The number of aryl methyl sites for hydroxylation is 1. The number of ether oxygens (including phenoxy) is 2. The highest BCUT2D eigenvalue weighted by Gasteiger charge is 2.30. The number of nitrogens with one attached hydrogen (secondary N) is 1. The Morgan fingerprint density at radius 1 is 1.03 bits per heavy atom. The molecule has 0 saturated carbocycles. The summed E-state index contributed by atoms with van der Waals surface area (Å²) in [5.74, 6) is -0.401. The van der Waals surface area contributed by atoms with Crippen LogP contribution in [0.2, 0.25) is 0 Å². The summed E-state index contributed by atoms with van der Waals surface area (Å²) in [7, 11) is -1.03. The zero-order valence-corrected chi connectivity index (χ0v) is 19.9. The zero-order chi connectivity index (χ0) is 25.2. The summed E-state index contributed by atoms with van der Waals surface area (Å²) in [6, 6.07) is 15.5. The molecule has 0 aromatic heterocycles. The van der Waals surface area contributed by atoms with Crippen LogP contribution in [0.3, 0.4) is 0 Å². The molecule has 0 bridgehead atoms. The summed E-state index contributed by atoms with van der Waals surface area (Å²) >= 11 is 0. The molecule has 3 aromatic carbocycles. The van der Waals surface area contributed by atoms with Crippen molar-refractivity contribution in [1.82, 2.24) is 0 Å². The maximum Gasteiger partial charge on any atom is 0.286 e. The van der Waals surface area contributed by atoms with Gasteiger partial charge in [-0.25, -0.2) is 8.42 Å². The molecule has 0 saturated heterocycles. The third-order valence-corrected chi connectivity index (χ3v) is 7.52. The molecule has 11 heteroatoms. The lowest BCUT2D eigenvalue weighted by Crippen LogP contribution is -2.35. The SMILES string of the molecule is COc1cc(C(=O)Nc2ccc3c(c2)CCCN3S(=O)(=O)c2ccccc2)c([N+](=O)[O-])cc1OC. The maximum absolute atomic E-state index is 13.2. The first-order chi connectivity index (χ1) is 16.8. The standard InChI is InChI=1S/C24H23N3O7S/c1-33-22-14-19(21(27(29)30)15-23(22)34-2)24(28)25-17-10-11-20-16(13-17)7-6-12-26(20)35(31,32)18-8-4-3-5-9-18/h3-5,8-11,13-15H,6-7,12H2,1-2H3,(H,25,28). The molecule has 0 aliphatic carbocycles. The number of rotatable bonds is 7. The molecular weight excluding hydrogens is 474 g/mol. The van der Waals surface area contributed by atoms with Gasteiger partial charge in [0.05, 0.1) is 35.8 Å². The van der Waals surface area contributed by atoms with Crippen molar-refractivity contribution >= 4 is 33.0 Å². The number of fused-ring (bicyclic) bond motifs is 1. The summed E-state index contributed by atoms with van der Waals surface area (Å²) in [6.45, 7) is 0.341. The first-order valence-electron chi connectivity index (χ1n) is 10.7. The van der Waals surface area contributed by atoms with E-state index in [1.54, 1.807) is 48.5 Å². The Balaban J connectivity index is 1.65. The number of hydrogen-bond acceptors (Lipinski definition) is 7. The van der Waals surface area contributed by atoms with Gasteiger partial charge in [-0.1, -0.05) is 18.2 Å². The third kappa shape index (κ3) is 4.62. The Morgan fingerprint density at radius 3 is 2.37 bits per heavy atom. The van der Waals surface area contributed by atoms with E-state index >= 15 is 0 Å². The average Bonchev–Trinajstić information content (AvgIpc) is 2.87. The quantitative estimate of drug-likeness (QED) is 0.386. The number of benzene rings is 3. The summed E-state index contributed by atoms with van der Waals surface area (Å²) in [4.78, 5) is 24.0. The van der Waals surface area contributed by atoms with E-state index in [-0.39, 0.29) is 22.0 Å². The van der Waals surface area contributed by atoms with Gasteiger partial charge in [0.1, 0.15) is 5.56 Å². The second kappa shape index (κ2) is 9.63. The van der Waals surface area contributed by atoms with E-state index in [0.717, 1.165) is 11.6 Å². The highest BCUT2D eigenvalue weighted by Crippen LogP contribution is 2.36. The second-order valence-corrected chi connectivity index (χ2v) is 9.64. The first-order valence-corrected chi connectivity index (χ1v) is 12.1. The van der Waals surface area contributed by atoms with Gasteiger partial charge in [0.2, 0.25) is 0 Å². The predicted molar refractivity (Wildman–Crippen MR) is 130 cm³/mol. The average molecular weight is 498 g/mol. The molecule has 10 nitrogen and oxygen atoms in total. The van der Waals surface area contributed by atoms with Gasteiger partial charge < -0.3 is 14.8 Å². The Morgan fingerprint density at radius 2 is 1.71 bits per heavy atom. The molecule has 1 aliphatic heterocycles. The minimum atomic E-state index is -3.74. The van der Waals surface area contributed by atoms with E-state index < -0.39 is 26.5 Å². The second-order valence-electron chi connectivity index (χ2n) is 7.77. The summed E-state index contributed by atoms with van der Waals surface area (Å²) in [6.07, 6.45) is 1.23. The molecule has 1 amide bonds. The normalized spacial score (nSPS) is 13.0. The van der Waals surface area contributed by atoms with Crippen LogP contribution in [-0.2, 0) is 16.4 Å². The van der Waals surface area contributed by atoms with Crippen LogP contribution in [-0.4, -0.2) is 40.0 Å². The Bertz CT molecular complexity index is 1390. The van der Waals surface area contributed by atoms with Crippen molar-refractivity contribution in [2.75, 3.05) is 30.4 Å². The van der Waals surface area contributed by atoms with Crippen LogP contribution in [0.4, 0.5) is 17.1 Å². The van der Waals surface area contributed by atoms with Crippen LogP contribution >= 0.6 is 0 Å². The summed E-state index contributed by atoms with van der Waals surface area (Å²) < 4.78 is 38.0. The van der Waals surface area contributed by atoms with Crippen molar-refractivity contribution in [3.63, 3.8) is 0 Å². The van der Waals surface area contributed by atoms with Crippen LogP contribution in [0.15, 0.2) is 65.6 Å². The van der Waals surface area contributed by atoms with Gasteiger partial charge >= 0.3 is 0 Å². The van der Waals surface area contributed by atoms with E-state index in [9.17, 15) is 23.3 Å². The third-order valence-electron chi connectivity index (χ3n) is 5.69. The van der Waals surface area contributed by atoms with Crippen molar-refractivity contribution in [2.24, 2.45) is 0 Å². The molecule has 182 valence electrons. The largest absolute Gasteiger partial charge is 0.493 e. The zero-order valence-electron chi connectivity index (χ0n) is 19.1. The highest BCUT2D eigenvalue weighted by molar-refractivity contribution is 7.92. The van der Waals surface area contributed by atoms with Crippen molar-refractivity contribution in [2.45, 2.75) is 17.7 Å². The summed E-state index contributed by atoms with van der Waals surface area (Å²) in [5, 5.41) is 14.2. The molecule has 0 radical (unpaired) electrons. The molecule has 0 atom stereocenters. The van der Waals surface area contributed by atoms with Gasteiger partial charge in [-0.3, -0.25) is 19.2 Å². The van der Waals surface area contributed by atoms with E-state index in [2.05, 4.69) is 5.32 Å². The number of nitro groups is 1. The van der Waals surface area contributed by atoms with Gasteiger partial charge in [0.15, 0.2) is 11.5 Å². The fraction of sp³-hybridized carbons (Fsp3) is 0.208. The number of carbonyl (C=O) groups excluding carboxylic acids is 1. The molecule has 0 spiro atoms. The van der Waals surface area contributed by atoms with Gasteiger partial charge in [-0.05, 0) is 48.7 Å². The van der Waals surface area contributed by atoms with Crippen molar-refractivity contribution < 1.29 is 27.6 Å². The Hall–Kier alpha value is -4.12. The number of anilines is 2. The van der Waals surface area contributed by atoms with E-state index in [4.69, 9.17) is 9.47 Å². The smallest absolute Gasteiger partial charge is 0.286 e. The lowest BCUT2D eigenvalue weighted by Gasteiger charge is -2.30. The minimum absolute atomic E-state index is 0.129.